The van der Waals surface area contributed by atoms with E-state index in [0.29, 0.717) is 11.4 Å². The zero-order chi connectivity index (χ0) is 43.1. The lowest BCUT2D eigenvalue weighted by atomic mass is 9.82. The van der Waals surface area contributed by atoms with Crippen LogP contribution in [0.2, 0.25) is 0 Å². The van der Waals surface area contributed by atoms with Gasteiger partial charge < -0.3 is 16.2 Å². The molecule has 1 aromatic rings. The van der Waals surface area contributed by atoms with E-state index in [1.54, 1.807) is 107 Å². The predicted octanol–water partition coefficient (Wildman–Crippen LogP) is 3.82. The average molecular weight is 1550 g/mol. The van der Waals surface area contributed by atoms with Crippen molar-refractivity contribution in [2.24, 2.45) is 0 Å². The highest BCUT2D eigenvalue weighted by molar-refractivity contribution is 8.81. The Hall–Kier alpha value is 7.58. The standard InChI is InChI=1S/C16H26N2O.S40/c1-5-15(6-2)11-9-13(17)14(18)10-12(11)16(7-3,8-4)19-15;1-3-5-7-9-11-13-15-17-19-21-23-25-27-29-31-33-35-37-39-40-38-36-34-32-30-28-26-24-22-20-18-16-14-12-10-8-6-4-2/h9-10H,5-8,17-18H2,1-4H3;. The number of nitrogen functional groups attached to an aromatic ring is 2. The largest absolute Gasteiger partial charge is 0.397 e. The maximum Gasteiger partial charge on any atom is 0.0942 e. The number of anilines is 2. The highest BCUT2D eigenvalue weighted by Gasteiger charge is 2.50. The first-order chi connectivity index (χ1) is 28.9. The summed E-state index contributed by atoms with van der Waals surface area (Å²) in [6.45, 7) is 8.73. The maximum absolute atomic E-state index is 6.60. The molecule has 43 heteroatoms. The minimum absolute atomic E-state index is 0.205. The van der Waals surface area contributed by atoms with Crippen molar-refractivity contribution in [2.45, 2.75) is 64.6 Å². The average Bonchev–Trinajstić information content (AvgIpc) is 3.52. The zero-order valence-corrected chi connectivity index (χ0v) is 61.5. The fraction of sp³-hybridized carbons (Fsp3) is 0.625. The molecule has 1 aliphatic heterocycles. The molecular formula is C16H26N2OS40. The molecule has 1 aromatic carbocycles. The van der Waals surface area contributed by atoms with Crippen LogP contribution in [0.15, 0.2) is 12.1 Å². The summed E-state index contributed by atoms with van der Waals surface area (Å²) in [6, 6.07) is 4.06. The summed E-state index contributed by atoms with van der Waals surface area (Å²) in [7, 11) is 67.4. The molecule has 1 aliphatic rings. The van der Waals surface area contributed by atoms with Gasteiger partial charge in [-0.05, 0) is 48.9 Å². The monoisotopic (exact) mass is 1540 g/mol. The van der Waals surface area contributed by atoms with Crippen molar-refractivity contribution < 1.29 is 4.74 Å². The molecule has 346 valence electrons. The normalized spacial score (nSPS) is 11.5. The minimum Gasteiger partial charge on any atom is -0.397 e. The van der Waals surface area contributed by atoms with Gasteiger partial charge in [-0.1, -0.05) is 27.7 Å². The van der Waals surface area contributed by atoms with E-state index in [1.165, 1.54) is 28.9 Å². The van der Waals surface area contributed by atoms with Crippen LogP contribution in [0.4, 0.5) is 11.4 Å². The van der Waals surface area contributed by atoms with Gasteiger partial charge in [0.15, 0.2) is 0 Å². The van der Waals surface area contributed by atoms with Crippen LogP contribution in [0, 0.1) is 0 Å². The van der Waals surface area contributed by atoms with Crippen LogP contribution in [-0.2, 0) is 376 Å². The van der Waals surface area contributed by atoms with Gasteiger partial charge in [0.2, 0.25) is 0 Å². The third kappa shape index (κ3) is 32.3. The van der Waals surface area contributed by atoms with Gasteiger partial charge in [0.1, 0.15) is 0 Å². The molecule has 0 unspecified atom stereocenters. The molecule has 0 spiro atoms. The first-order valence-electron chi connectivity index (χ1n) is 13.9. The van der Waals surface area contributed by atoms with E-state index in [2.05, 4.69) is 27.7 Å². The molecule has 0 aliphatic carbocycles. The third-order valence-corrected chi connectivity index (χ3v) is 88.1. The molecule has 59 heavy (non-hydrogen) atoms. The van der Waals surface area contributed by atoms with Gasteiger partial charge in [0.25, 0.3) is 0 Å². The van der Waals surface area contributed by atoms with Gasteiger partial charge in [-0.15, -0.1) is 0 Å². The van der Waals surface area contributed by atoms with Gasteiger partial charge in [-0.25, -0.2) is 0 Å². The molecule has 0 atom stereocenters. The summed E-state index contributed by atoms with van der Waals surface area (Å²) in [5, 5.41) is 0. The molecular weight excluding hydrogens is 1520 g/mol. The minimum atomic E-state index is -0.205. The molecule has 0 radical (unpaired) electrons. The van der Waals surface area contributed by atoms with Crippen LogP contribution >= 0.6 is 0 Å². The molecule has 4 N–H and O–H groups in total. The van der Waals surface area contributed by atoms with Crippen molar-refractivity contribution in [2.75, 3.05) is 11.5 Å². The highest BCUT2D eigenvalue weighted by atomic mass is 33.5. The van der Waals surface area contributed by atoms with Crippen molar-refractivity contribution in [3.63, 3.8) is 0 Å². The fourth-order valence-corrected chi connectivity index (χ4v) is 103. The van der Waals surface area contributed by atoms with E-state index in [4.69, 9.17) is 38.6 Å². The second-order valence-corrected chi connectivity index (χ2v) is 75.3. The summed E-state index contributed by atoms with van der Waals surface area (Å²) in [5.74, 6) is 0. The summed E-state index contributed by atoms with van der Waals surface area (Å²) in [4.78, 5) is 0. The van der Waals surface area contributed by atoms with E-state index in [0.717, 1.165) is 25.7 Å². The Labute approximate surface area is 464 Å². The van der Waals surface area contributed by atoms with Crippen LogP contribution in [0.1, 0.15) is 64.5 Å². The number of rotatable bonds is 4. The topological polar surface area (TPSA) is 61.3 Å². The molecule has 0 fully saturated rings. The van der Waals surface area contributed by atoms with Gasteiger partial charge in [-0.2, -0.15) is 0 Å². The van der Waals surface area contributed by atoms with E-state index < -0.39 is 0 Å². The number of fused-ring (bicyclic) bond motifs is 1. The first-order valence-corrected chi connectivity index (χ1v) is 65.9. The second-order valence-electron chi connectivity index (χ2n) is 8.12. The van der Waals surface area contributed by atoms with Crippen LogP contribution in [0.25, 0.3) is 0 Å². The zero-order valence-electron chi connectivity index (χ0n) is 28.9. The van der Waals surface area contributed by atoms with Crippen molar-refractivity contribution in [3.05, 3.63) is 23.3 Å². The lowest BCUT2D eigenvalue weighted by Crippen LogP contribution is -2.31. The van der Waals surface area contributed by atoms with E-state index in [-0.39, 0.29) is 11.2 Å². The number of hydrogen-bond donors (Lipinski definition) is 2. The lowest BCUT2D eigenvalue weighted by Gasteiger charge is -2.34. The fourth-order valence-electron chi connectivity index (χ4n) is 3.83. The van der Waals surface area contributed by atoms with Gasteiger partial charge in [0, 0.05) is 360 Å². The van der Waals surface area contributed by atoms with E-state index in [1.807, 2.05) is 225 Å². The number of nitrogens with two attached hydrogens (primary N) is 2. The Bertz CT molecular complexity index is 3220. The Morgan fingerprint density at radius 1 is 0.339 bits per heavy atom. The van der Waals surface area contributed by atoms with Gasteiger partial charge >= 0.3 is 0 Å². The molecule has 2 rings (SSSR count). The SMILES string of the molecule is CCC1(CC)OC(CC)(CC)c2cc(N)c(N)cc21.S=S=S=S=S=S=S=S=S=S=S=S=S=S=S=S=S=S=S=S=S=S=S=S=S=S=S=S=S=S=S=S=S=S=S=S=S=S=S=S. The van der Waals surface area contributed by atoms with Crippen LogP contribution in [-0.4, -0.2) is 0 Å². The maximum atomic E-state index is 6.60. The van der Waals surface area contributed by atoms with E-state index in [9.17, 15) is 0 Å². The van der Waals surface area contributed by atoms with Crippen LogP contribution in [0.5, 0.6) is 0 Å². The van der Waals surface area contributed by atoms with Crippen molar-refractivity contribution in [1.29, 1.82) is 0 Å². The van der Waals surface area contributed by atoms with E-state index >= 15 is 0 Å². The molecule has 1 heterocycles. The van der Waals surface area contributed by atoms with Crippen LogP contribution < -0.4 is 11.5 Å². The highest BCUT2D eigenvalue weighted by Crippen LogP contribution is 2.54. The third-order valence-electron chi connectivity index (χ3n) is 5.91. The molecule has 0 aromatic heterocycles. The number of hydrogen-bond acceptors (Lipinski definition) is 5. The van der Waals surface area contributed by atoms with Gasteiger partial charge in [0.05, 0.1) is 22.6 Å². The Kier molecular flexibility index (Phi) is 51.1. The Morgan fingerprint density at radius 3 is 0.627 bits per heavy atom. The van der Waals surface area contributed by atoms with Crippen molar-refractivity contribution in [1.82, 2.24) is 0 Å². The molecule has 0 amide bonds. The number of ether oxygens (including phenoxy) is 1. The van der Waals surface area contributed by atoms with Crippen LogP contribution in [0.3, 0.4) is 0 Å². The molecule has 0 saturated carbocycles. The summed E-state index contributed by atoms with van der Waals surface area (Å²) in [6.07, 6.45) is 3.84. The smallest absolute Gasteiger partial charge is 0.0942 e. The molecule has 0 bridgehead atoms. The summed E-state index contributed by atoms with van der Waals surface area (Å²) in [5.41, 5.74) is 15.4. The molecule has 0 saturated heterocycles. The second kappa shape index (κ2) is 46.6. The molecule has 3 nitrogen and oxygen atoms in total. The Balaban J connectivity index is 0.000000753. The number of benzene rings is 1. The Morgan fingerprint density at radius 2 is 0.492 bits per heavy atom. The summed E-state index contributed by atoms with van der Waals surface area (Å²) >= 11 is 9.61. The van der Waals surface area contributed by atoms with Crippen molar-refractivity contribution >= 4 is 371 Å². The quantitative estimate of drug-likeness (QED) is 0.450. The summed E-state index contributed by atoms with van der Waals surface area (Å²) < 4.78 is 6.60. The van der Waals surface area contributed by atoms with Crippen molar-refractivity contribution in [3.8, 4) is 0 Å². The van der Waals surface area contributed by atoms with Gasteiger partial charge in [-0.3, -0.25) is 0 Å². The first kappa shape index (κ1) is 64.6. The lowest BCUT2D eigenvalue weighted by molar-refractivity contribution is -0.151. The predicted molar refractivity (Wildman–Crippen MR) is 375 cm³/mol.